The molecule has 1 amide bonds. The molecule has 0 aliphatic carbocycles. The minimum Gasteiger partial charge on any atom is -0.459 e. The van der Waals surface area contributed by atoms with E-state index in [9.17, 15) is 9.59 Å². The Labute approximate surface area is 137 Å². The molecule has 0 saturated carbocycles. The van der Waals surface area contributed by atoms with E-state index in [1.165, 1.54) is 11.0 Å². The van der Waals surface area contributed by atoms with E-state index in [4.69, 9.17) is 10.6 Å². The third-order valence-electron chi connectivity index (χ3n) is 2.64. The zero-order valence-corrected chi connectivity index (χ0v) is 13.5. The van der Waals surface area contributed by atoms with Crippen LogP contribution in [-0.2, 0) is 9.53 Å². The molecule has 9 heteroatoms. The van der Waals surface area contributed by atoms with Crippen LogP contribution in [0.25, 0.3) is 0 Å². The van der Waals surface area contributed by atoms with Crippen molar-refractivity contribution in [2.24, 2.45) is 0 Å². The van der Waals surface area contributed by atoms with Crippen LogP contribution < -0.4 is 11.2 Å². The van der Waals surface area contributed by atoms with Crippen molar-refractivity contribution in [3.8, 4) is 0 Å². The predicted octanol–water partition coefficient (Wildman–Crippen LogP) is 1.29. The van der Waals surface area contributed by atoms with E-state index >= 15 is 0 Å². The number of nitrogens with one attached hydrogen (secondary N) is 1. The number of nitrogens with two attached hydrogens (primary N) is 1. The molecule has 3 N–H and O–H groups in total. The summed E-state index contributed by atoms with van der Waals surface area (Å²) in [6.07, 6.45) is 1.11. The number of esters is 1. The van der Waals surface area contributed by atoms with E-state index in [1.807, 2.05) is 0 Å². The molecule has 1 aromatic heterocycles. The second-order valence-electron chi connectivity index (χ2n) is 4.86. The minimum absolute atomic E-state index is 0.0868. The van der Waals surface area contributed by atoms with Crippen LogP contribution in [-0.4, -0.2) is 38.6 Å². The maximum absolute atomic E-state index is 12.0. The lowest BCUT2D eigenvalue weighted by Crippen LogP contribution is -2.19. The number of benzene rings is 1. The summed E-state index contributed by atoms with van der Waals surface area (Å²) in [6, 6.07) is 6.68. The molecule has 0 aliphatic heterocycles. The highest BCUT2D eigenvalue weighted by Gasteiger charge is 2.16. The Morgan fingerprint density at radius 3 is 2.78 bits per heavy atom. The molecule has 0 bridgehead atoms. The summed E-state index contributed by atoms with van der Waals surface area (Å²) in [6.45, 7) is 3.53. The van der Waals surface area contributed by atoms with E-state index in [2.05, 4.69) is 15.5 Å². The van der Waals surface area contributed by atoms with E-state index in [0.717, 1.165) is 11.8 Å². The van der Waals surface area contributed by atoms with Crippen molar-refractivity contribution in [2.75, 3.05) is 16.9 Å². The number of thioether (sulfide) groups is 1. The van der Waals surface area contributed by atoms with Crippen molar-refractivity contribution in [2.45, 2.75) is 25.1 Å². The van der Waals surface area contributed by atoms with Crippen LogP contribution in [0.2, 0.25) is 0 Å². The van der Waals surface area contributed by atoms with Crippen LogP contribution in [0.15, 0.2) is 35.7 Å². The lowest BCUT2D eigenvalue weighted by atomic mass is 10.2. The summed E-state index contributed by atoms with van der Waals surface area (Å²) in [4.78, 5) is 24.1. The Kier molecular flexibility index (Phi) is 5.58. The van der Waals surface area contributed by atoms with Crippen LogP contribution in [0.3, 0.4) is 0 Å². The zero-order valence-electron chi connectivity index (χ0n) is 12.7. The van der Waals surface area contributed by atoms with Gasteiger partial charge in [-0.3, -0.25) is 4.79 Å². The third-order valence-corrected chi connectivity index (χ3v) is 3.59. The quantitative estimate of drug-likeness (QED) is 0.464. The summed E-state index contributed by atoms with van der Waals surface area (Å²) in [5, 5.41) is 10.5. The number of amides is 1. The molecular weight excluding hydrogens is 318 g/mol. The van der Waals surface area contributed by atoms with Crippen molar-refractivity contribution in [3.63, 3.8) is 0 Å². The SMILES string of the molecule is CC(C)OC(=O)c1ccccc1NC(=O)CSc1nncn1N. The number of carbonyl (C=O) groups excluding carboxylic acids is 2. The molecular formula is C14H17N5O3S. The molecule has 8 nitrogen and oxygen atoms in total. The zero-order chi connectivity index (χ0) is 16.8. The van der Waals surface area contributed by atoms with Gasteiger partial charge >= 0.3 is 5.97 Å². The van der Waals surface area contributed by atoms with Gasteiger partial charge in [-0.2, -0.15) is 0 Å². The highest BCUT2D eigenvalue weighted by molar-refractivity contribution is 7.99. The summed E-state index contributed by atoms with van der Waals surface area (Å²) in [7, 11) is 0. The number of hydrogen-bond donors (Lipinski definition) is 2. The summed E-state index contributed by atoms with van der Waals surface area (Å²) < 4.78 is 6.39. The van der Waals surface area contributed by atoms with Gasteiger partial charge in [0.15, 0.2) is 0 Å². The number of rotatable bonds is 6. The van der Waals surface area contributed by atoms with Crippen LogP contribution in [0.4, 0.5) is 5.69 Å². The number of nitrogen functional groups attached to an aromatic ring is 1. The average molecular weight is 335 g/mol. The van der Waals surface area contributed by atoms with Crippen molar-refractivity contribution in [1.29, 1.82) is 0 Å². The molecule has 0 spiro atoms. The van der Waals surface area contributed by atoms with E-state index in [0.29, 0.717) is 16.4 Å². The first-order valence-electron chi connectivity index (χ1n) is 6.85. The fourth-order valence-electron chi connectivity index (χ4n) is 1.70. The number of para-hydroxylation sites is 1. The third kappa shape index (κ3) is 4.71. The molecule has 23 heavy (non-hydrogen) atoms. The number of hydrogen-bond acceptors (Lipinski definition) is 7. The standard InChI is InChI=1S/C14H17N5O3S/c1-9(2)22-13(21)10-5-3-4-6-11(10)17-12(20)7-23-14-18-16-8-19(14)15/h3-6,8-9H,7,15H2,1-2H3,(H,17,20). The summed E-state index contributed by atoms with van der Waals surface area (Å²) in [5.74, 6) is 4.88. The normalized spacial score (nSPS) is 10.6. The molecule has 1 aromatic carbocycles. The molecule has 0 atom stereocenters. The van der Waals surface area contributed by atoms with Crippen LogP contribution in [0.5, 0.6) is 0 Å². The van der Waals surface area contributed by atoms with Crippen LogP contribution >= 0.6 is 11.8 Å². The fourth-order valence-corrected chi connectivity index (χ4v) is 2.33. The fraction of sp³-hybridized carbons (Fsp3) is 0.286. The highest BCUT2D eigenvalue weighted by atomic mass is 32.2. The van der Waals surface area contributed by atoms with Gasteiger partial charge < -0.3 is 15.9 Å². The van der Waals surface area contributed by atoms with Crippen LogP contribution in [0, 0.1) is 0 Å². The number of ether oxygens (including phenoxy) is 1. The van der Waals surface area contributed by atoms with Gasteiger partial charge in [0.2, 0.25) is 11.1 Å². The topological polar surface area (TPSA) is 112 Å². The van der Waals surface area contributed by atoms with Crippen LogP contribution in [0.1, 0.15) is 24.2 Å². The molecule has 122 valence electrons. The Morgan fingerprint density at radius 2 is 2.13 bits per heavy atom. The highest BCUT2D eigenvalue weighted by Crippen LogP contribution is 2.18. The van der Waals surface area contributed by atoms with E-state index in [1.54, 1.807) is 38.1 Å². The van der Waals surface area contributed by atoms with Crippen molar-refractivity contribution >= 4 is 29.3 Å². The smallest absolute Gasteiger partial charge is 0.340 e. The maximum Gasteiger partial charge on any atom is 0.340 e. The molecule has 1 heterocycles. The first-order valence-corrected chi connectivity index (χ1v) is 7.83. The van der Waals surface area contributed by atoms with E-state index in [-0.39, 0.29) is 17.8 Å². The minimum atomic E-state index is -0.481. The Hall–Kier alpha value is -2.55. The Bertz CT molecular complexity index is 701. The first-order chi connectivity index (χ1) is 11.0. The maximum atomic E-state index is 12.0. The average Bonchev–Trinajstić information content (AvgIpc) is 2.90. The molecule has 0 fully saturated rings. The monoisotopic (exact) mass is 335 g/mol. The number of carbonyl (C=O) groups is 2. The van der Waals surface area contributed by atoms with Crippen molar-refractivity contribution in [1.82, 2.24) is 14.9 Å². The molecule has 0 aliphatic rings. The van der Waals surface area contributed by atoms with Gasteiger partial charge in [0.1, 0.15) is 6.33 Å². The number of aromatic nitrogens is 3. The number of nitrogens with zero attached hydrogens (tertiary/aromatic N) is 3. The first kappa shape index (κ1) is 16.8. The molecule has 0 radical (unpaired) electrons. The van der Waals surface area contributed by atoms with Gasteiger partial charge in [-0.05, 0) is 26.0 Å². The van der Waals surface area contributed by atoms with Crippen molar-refractivity contribution < 1.29 is 14.3 Å². The molecule has 2 rings (SSSR count). The van der Waals surface area contributed by atoms with Gasteiger partial charge in [0, 0.05) is 0 Å². The summed E-state index contributed by atoms with van der Waals surface area (Å²) >= 11 is 1.14. The largest absolute Gasteiger partial charge is 0.459 e. The summed E-state index contributed by atoms with van der Waals surface area (Å²) in [5.41, 5.74) is 0.708. The Morgan fingerprint density at radius 1 is 1.39 bits per heavy atom. The molecule has 2 aromatic rings. The number of anilines is 1. The van der Waals surface area contributed by atoms with E-state index < -0.39 is 5.97 Å². The van der Waals surface area contributed by atoms with Gasteiger partial charge in [-0.1, -0.05) is 23.9 Å². The Balaban J connectivity index is 2.00. The predicted molar refractivity (Wildman–Crippen MR) is 86.5 cm³/mol. The molecule has 0 saturated heterocycles. The molecule has 0 unspecified atom stereocenters. The second-order valence-corrected chi connectivity index (χ2v) is 5.80. The van der Waals surface area contributed by atoms with Crippen molar-refractivity contribution in [3.05, 3.63) is 36.2 Å². The van der Waals surface area contributed by atoms with Gasteiger partial charge in [0.05, 0.1) is 23.1 Å². The lowest BCUT2D eigenvalue weighted by Gasteiger charge is -2.12. The second kappa shape index (κ2) is 7.63. The lowest BCUT2D eigenvalue weighted by molar-refractivity contribution is -0.113. The van der Waals surface area contributed by atoms with Gasteiger partial charge in [-0.15, -0.1) is 10.2 Å². The van der Waals surface area contributed by atoms with Gasteiger partial charge in [0.25, 0.3) is 0 Å². The van der Waals surface area contributed by atoms with Gasteiger partial charge in [-0.25, -0.2) is 9.47 Å².